The van der Waals surface area contributed by atoms with Crippen molar-refractivity contribution in [2.24, 2.45) is 7.05 Å². The maximum atomic E-state index is 6.23. The summed E-state index contributed by atoms with van der Waals surface area (Å²) in [5, 5.41) is 8.28. The molecule has 1 atom stereocenters. The SMILES string of the molecule is CCCNC(Cc1ncnn1C)c1ccncc1Cl. The lowest BCUT2D eigenvalue weighted by Gasteiger charge is -2.19. The van der Waals surface area contributed by atoms with Crippen LogP contribution in [-0.4, -0.2) is 26.3 Å². The summed E-state index contributed by atoms with van der Waals surface area (Å²) in [5.74, 6) is 0.932. The number of nitrogens with zero attached hydrogens (tertiary/aromatic N) is 4. The maximum Gasteiger partial charge on any atom is 0.138 e. The van der Waals surface area contributed by atoms with E-state index in [1.807, 2.05) is 13.1 Å². The van der Waals surface area contributed by atoms with Gasteiger partial charge in [0.25, 0.3) is 0 Å². The maximum absolute atomic E-state index is 6.23. The molecule has 2 rings (SSSR count). The van der Waals surface area contributed by atoms with Crippen molar-refractivity contribution in [2.75, 3.05) is 6.54 Å². The highest BCUT2D eigenvalue weighted by Crippen LogP contribution is 2.24. The van der Waals surface area contributed by atoms with Crippen LogP contribution in [0, 0.1) is 0 Å². The largest absolute Gasteiger partial charge is 0.310 e. The van der Waals surface area contributed by atoms with E-state index < -0.39 is 0 Å². The Kier molecular flexibility index (Phi) is 4.87. The predicted octanol–water partition coefficient (Wildman–Crippen LogP) is 2.15. The molecule has 0 aliphatic rings. The summed E-state index contributed by atoms with van der Waals surface area (Å²) in [6.07, 6.45) is 6.82. The summed E-state index contributed by atoms with van der Waals surface area (Å²) in [6.45, 7) is 3.07. The first-order valence-electron chi connectivity index (χ1n) is 6.38. The number of hydrogen-bond donors (Lipinski definition) is 1. The molecule has 0 amide bonds. The Bertz CT molecular complexity index is 525. The summed E-state index contributed by atoms with van der Waals surface area (Å²) in [6, 6.07) is 2.07. The van der Waals surface area contributed by atoms with Crippen molar-refractivity contribution in [1.29, 1.82) is 0 Å². The summed E-state index contributed by atoms with van der Waals surface area (Å²) < 4.78 is 1.79. The number of aryl methyl sites for hydroxylation is 1. The average molecular weight is 280 g/mol. The van der Waals surface area contributed by atoms with E-state index in [9.17, 15) is 0 Å². The van der Waals surface area contributed by atoms with E-state index in [-0.39, 0.29) is 6.04 Å². The fourth-order valence-corrected chi connectivity index (χ4v) is 2.22. The Morgan fingerprint density at radius 2 is 2.32 bits per heavy atom. The monoisotopic (exact) mass is 279 g/mol. The van der Waals surface area contributed by atoms with Crippen LogP contribution in [0.1, 0.15) is 30.8 Å². The van der Waals surface area contributed by atoms with Crippen LogP contribution in [0.4, 0.5) is 0 Å². The molecule has 0 spiro atoms. The van der Waals surface area contributed by atoms with Gasteiger partial charge in [0.1, 0.15) is 12.2 Å². The standard InChI is InChI=1S/C13H18ClN5/c1-3-5-16-12(7-13-17-9-18-19(13)2)10-4-6-15-8-11(10)14/h4,6,8-9,12,16H,3,5,7H2,1-2H3. The second kappa shape index (κ2) is 6.63. The summed E-state index contributed by atoms with van der Waals surface area (Å²) >= 11 is 6.23. The van der Waals surface area contributed by atoms with Crippen LogP contribution >= 0.6 is 11.6 Å². The molecule has 5 nitrogen and oxygen atoms in total. The van der Waals surface area contributed by atoms with Gasteiger partial charge in [-0.2, -0.15) is 5.10 Å². The Morgan fingerprint density at radius 3 is 2.95 bits per heavy atom. The minimum absolute atomic E-state index is 0.123. The van der Waals surface area contributed by atoms with Crippen LogP contribution in [-0.2, 0) is 13.5 Å². The van der Waals surface area contributed by atoms with E-state index >= 15 is 0 Å². The summed E-state index contributed by atoms with van der Waals surface area (Å²) in [4.78, 5) is 8.30. The first-order chi connectivity index (χ1) is 9.22. The second-order valence-electron chi connectivity index (χ2n) is 4.41. The van der Waals surface area contributed by atoms with Gasteiger partial charge in [0.15, 0.2) is 0 Å². The molecule has 19 heavy (non-hydrogen) atoms. The Labute approximate surface area is 118 Å². The molecule has 0 aromatic carbocycles. The highest BCUT2D eigenvalue weighted by atomic mass is 35.5. The van der Waals surface area contributed by atoms with E-state index in [0.717, 1.165) is 30.8 Å². The molecule has 2 heterocycles. The van der Waals surface area contributed by atoms with E-state index in [1.54, 1.807) is 23.4 Å². The van der Waals surface area contributed by atoms with Crippen LogP contribution in [0.15, 0.2) is 24.8 Å². The number of aromatic nitrogens is 4. The number of pyridine rings is 1. The van der Waals surface area contributed by atoms with Crippen molar-refractivity contribution in [1.82, 2.24) is 25.1 Å². The van der Waals surface area contributed by atoms with Crippen molar-refractivity contribution < 1.29 is 0 Å². The lowest BCUT2D eigenvalue weighted by atomic mass is 10.0. The topological polar surface area (TPSA) is 55.6 Å². The Balaban J connectivity index is 2.21. The molecule has 1 unspecified atom stereocenters. The molecule has 0 saturated carbocycles. The predicted molar refractivity (Wildman–Crippen MR) is 75.0 cm³/mol. The van der Waals surface area contributed by atoms with Crippen LogP contribution in [0.2, 0.25) is 5.02 Å². The van der Waals surface area contributed by atoms with Gasteiger partial charge in [-0.05, 0) is 24.6 Å². The van der Waals surface area contributed by atoms with Gasteiger partial charge in [-0.15, -0.1) is 0 Å². The number of nitrogens with one attached hydrogen (secondary N) is 1. The van der Waals surface area contributed by atoms with Crippen molar-refractivity contribution in [2.45, 2.75) is 25.8 Å². The van der Waals surface area contributed by atoms with Gasteiger partial charge in [-0.1, -0.05) is 18.5 Å². The van der Waals surface area contributed by atoms with Gasteiger partial charge in [0, 0.05) is 31.9 Å². The third-order valence-corrected chi connectivity index (χ3v) is 3.33. The van der Waals surface area contributed by atoms with Gasteiger partial charge in [-0.25, -0.2) is 4.98 Å². The first-order valence-corrected chi connectivity index (χ1v) is 6.75. The Hall–Kier alpha value is -1.46. The van der Waals surface area contributed by atoms with Crippen LogP contribution in [0.3, 0.4) is 0 Å². The number of halogens is 1. The van der Waals surface area contributed by atoms with Gasteiger partial charge in [0.05, 0.1) is 5.02 Å². The molecule has 0 bridgehead atoms. The normalized spacial score (nSPS) is 12.6. The molecule has 2 aromatic heterocycles. The molecular weight excluding hydrogens is 262 g/mol. The van der Waals surface area contributed by atoms with Crippen molar-refractivity contribution in [3.63, 3.8) is 0 Å². The van der Waals surface area contributed by atoms with Crippen molar-refractivity contribution in [3.05, 3.63) is 41.2 Å². The molecular formula is C13H18ClN5. The zero-order valence-corrected chi connectivity index (χ0v) is 11.9. The van der Waals surface area contributed by atoms with Gasteiger partial charge < -0.3 is 5.32 Å². The van der Waals surface area contributed by atoms with Gasteiger partial charge >= 0.3 is 0 Å². The van der Waals surface area contributed by atoms with Gasteiger partial charge in [-0.3, -0.25) is 9.67 Å². The van der Waals surface area contributed by atoms with Crippen LogP contribution in [0.25, 0.3) is 0 Å². The van der Waals surface area contributed by atoms with E-state index in [4.69, 9.17) is 11.6 Å². The smallest absolute Gasteiger partial charge is 0.138 e. The van der Waals surface area contributed by atoms with Gasteiger partial charge in [0.2, 0.25) is 0 Å². The molecule has 102 valence electrons. The van der Waals surface area contributed by atoms with Crippen LogP contribution in [0.5, 0.6) is 0 Å². The lowest BCUT2D eigenvalue weighted by Crippen LogP contribution is -2.25. The third kappa shape index (κ3) is 3.52. The fraction of sp³-hybridized carbons (Fsp3) is 0.462. The van der Waals surface area contributed by atoms with Crippen molar-refractivity contribution >= 4 is 11.6 Å². The number of rotatable bonds is 6. The molecule has 0 aliphatic heterocycles. The summed E-state index contributed by atoms with van der Waals surface area (Å²) in [5.41, 5.74) is 1.05. The second-order valence-corrected chi connectivity index (χ2v) is 4.82. The minimum Gasteiger partial charge on any atom is -0.310 e. The van der Waals surface area contributed by atoms with E-state index in [0.29, 0.717) is 5.02 Å². The molecule has 0 saturated heterocycles. The highest BCUT2D eigenvalue weighted by molar-refractivity contribution is 6.31. The molecule has 1 N–H and O–H groups in total. The highest BCUT2D eigenvalue weighted by Gasteiger charge is 2.17. The molecule has 0 radical (unpaired) electrons. The zero-order valence-electron chi connectivity index (χ0n) is 11.2. The quantitative estimate of drug-likeness (QED) is 0.880. The van der Waals surface area contributed by atoms with Crippen LogP contribution < -0.4 is 5.32 Å². The molecule has 0 fully saturated rings. The molecule has 6 heteroatoms. The lowest BCUT2D eigenvalue weighted by molar-refractivity contribution is 0.506. The number of hydrogen-bond acceptors (Lipinski definition) is 4. The molecule has 0 aliphatic carbocycles. The summed E-state index contributed by atoms with van der Waals surface area (Å²) in [7, 11) is 1.90. The zero-order chi connectivity index (χ0) is 13.7. The average Bonchev–Trinajstić information content (AvgIpc) is 2.81. The minimum atomic E-state index is 0.123. The van der Waals surface area contributed by atoms with E-state index in [2.05, 4.69) is 27.3 Å². The van der Waals surface area contributed by atoms with E-state index in [1.165, 1.54) is 0 Å². The van der Waals surface area contributed by atoms with Crippen molar-refractivity contribution in [3.8, 4) is 0 Å². The Morgan fingerprint density at radius 1 is 1.47 bits per heavy atom. The fourth-order valence-electron chi connectivity index (χ4n) is 1.97. The molecule has 2 aromatic rings. The third-order valence-electron chi connectivity index (χ3n) is 3.01. The first kappa shape index (κ1) is 14.0.